The van der Waals surface area contributed by atoms with Crippen LogP contribution in [0.3, 0.4) is 0 Å². The van der Waals surface area contributed by atoms with Gasteiger partial charge in [-0.3, -0.25) is 9.69 Å². The summed E-state index contributed by atoms with van der Waals surface area (Å²) in [7, 11) is 0. The Kier molecular flexibility index (Phi) is 5.01. The third-order valence-corrected chi connectivity index (χ3v) is 4.81. The van der Waals surface area contributed by atoms with E-state index in [4.69, 9.17) is 4.52 Å². The van der Waals surface area contributed by atoms with E-state index in [0.717, 1.165) is 30.8 Å². The number of carbonyl (C=O) groups excluding carboxylic acids is 1. The van der Waals surface area contributed by atoms with Gasteiger partial charge in [-0.15, -0.1) is 11.3 Å². The van der Waals surface area contributed by atoms with Gasteiger partial charge < -0.3 is 9.84 Å². The van der Waals surface area contributed by atoms with E-state index in [0.29, 0.717) is 18.3 Å². The Bertz CT molecular complexity index is 675. The fraction of sp³-hybridized carbons (Fsp3) is 0.588. The molecule has 2 aromatic heterocycles. The fourth-order valence-corrected chi connectivity index (χ4v) is 3.55. The van der Waals surface area contributed by atoms with Crippen molar-refractivity contribution in [1.29, 1.82) is 0 Å². The fourth-order valence-electron chi connectivity index (χ4n) is 2.90. The quantitative estimate of drug-likeness (QED) is 0.920. The average molecular weight is 348 g/mol. The predicted molar refractivity (Wildman–Crippen MR) is 93.5 cm³/mol. The monoisotopic (exact) mass is 348 g/mol. The van der Waals surface area contributed by atoms with Crippen LogP contribution < -0.4 is 5.32 Å². The second-order valence-corrected chi connectivity index (χ2v) is 8.25. The summed E-state index contributed by atoms with van der Waals surface area (Å²) in [5, 5.41) is 9.12. The SMILES string of the molecule is CC(C)(C)NC(=O)C1CCCN(Cc2nc(-c3cccs3)no2)C1. The lowest BCUT2D eigenvalue weighted by Gasteiger charge is -2.32. The van der Waals surface area contributed by atoms with Crippen LogP contribution in [0.5, 0.6) is 0 Å². The summed E-state index contributed by atoms with van der Waals surface area (Å²) in [6, 6.07) is 3.95. The van der Waals surface area contributed by atoms with Gasteiger partial charge in [0.15, 0.2) is 0 Å². The smallest absolute Gasteiger partial charge is 0.241 e. The summed E-state index contributed by atoms with van der Waals surface area (Å²) in [6.07, 6.45) is 1.94. The maximum Gasteiger partial charge on any atom is 0.241 e. The Balaban J connectivity index is 1.58. The van der Waals surface area contributed by atoms with Crippen molar-refractivity contribution in [3.63, 3.8) is 0 Å². The van der Waals surface area contributed by atoms with Crippen molar-refractivity contribution in [3.05, 3.63) is 23.4 Å². The molecule has 3 rings (SSSR count). The number of amides is 1. The normalized spacial score (nSPS) is 19.4. The topological polar surface area (TPSA) is 71.3 Å². The molecule has 7 heteroatoms. The second-order valence-electron chi connectivity index (χ2n) is 7.30. The van der Waals surface area contributed by atoms with E-state index in [9.17, 15) is 4.79 Å². The number of rotatable bonds is 4. The van der Waals surface area contributed by atoms with Crippen LogP contribution in [0.2, 0.25) is 0 Å². The van der Waals surface area contributed by atoms with Gasteiger partial charge in [0.25, 0.3) is 0 Å². The first-order chi connectivity index (χ1) is 11.4. The van der Waals surface area contributed by atoms with Crippen molar-refractivity contribution in [2.75, 3.05) is 13.1 Å². The van der Waals surface area contributed by atoms with E-state index in [-0.39, 0.29) is 17.4 Å². The molecular formula is C17H24N4O2S. The van der Waals surface area contributed by atoms with Gasteiger partial charge in [-0.2, -0.15) is 4.98 Å². The summed E-state index contributed by atoms with van der Waals surface area (Å²) in [5.74, 6) is 1.41. The highest BCUT2D eigenvalue weighted by atomic mass is 32.1. The molecule has 3 heterocycles. The predicted octanol–water partition coefficient (Wildman–Crippen LogP) is 2.92. The lowest BCUT2D eigenvalue weighted by molar-refractivity contribution is -0.128. The van der Waals surface area contributed by atoms with Crippen LogP contribution in [0.15, 0.2) is 22.0 Å². The molecule has 1 atom stereocenters. The van der Waals surface area contributed by atoms with Gasteiger partial charge in [0.05, 0.1) is 17.3 Å². The van der Waals surface area contributed by atoms with Crippen LogP contribution in [-0.4, -0.2) is 39.6 Å². The van der Waals surface area contributed by atoms with Gasteiger partial charge in [-0.1, -0.05) is 11.2 Å². The summed E-state index contributed by atoms with van der Waals surface area (Å²) in [4.78, 5) is 20.1. The number of hydrogen-bond donors (Lipinski definition) is 1. The van der Waals surface area contributed by atoms with Crippen LogP contribution in [0.1, 0.15) is 39.5 Å². The highest BCUT2D eigenvalue weighted by molar-refractivity contribution is 7.13. The molecule has 1 amide bonds. The Hall–Kier alpha value is -1.73. The van der Waals surface area contributed by atoms with Crippen molar-refractivity contribution in [2.45, 2.75) is 45.7 Å². The summed E-state index contributed by atoms with van der Waals surface area (Å²) < 4.78 is 5.37. The first-order valence-corrected chi connectivity index (χ1v) is 9.19. The molecule has 0 spiro atoms. The second kappa shape index (κ2) is 7.03. The first kappa shape index (κ1) is 17.1. The van der Waals surface area contributed by atoms with Crippen molar-refractivity contribution in [2.24, 2.45) is 5.92 Å². The number of thiophene rings is 1. The van der Waals surface area contributed by atoms with Crippen LogP contribution in [0.25, 0.3) is 10.7 Å². The minimum Gasteiger partial charge on any atom is -0.351 e. The molecule has 0 aliphatic carbocycles. The van der Waals surface area contributed by atoms with Gasteiger partial charge in [0.2, 0.25) is 17.6 Å². The largest absolute Gasteiger partial charge is 0.351 e. The number of hydrogen-bond acceptors (Lipinski definition) is 6. The van der Waals surface area contributed by atoms with Crippen molar-refractivity contribution in [3.8, 4) is 10.7 Å². The number of likely N-dealkylation sites (tertiary alicyclic amines) is 1. The zero-order chi connectivity index (χ0) is 17.2. The molecule has 1 aliphatic rings. The molecule has 1 unspecified atom stereocenters. The lowest BCUT2D eigenvalue weighted by Crippen LogP contribution is -2.48. The highest BCUT2D eigenvalue weighted by Gasteiger charge is 2.28. The number of nitrogens with one attached hydrogen (secondary N) is 1. The highest BCUT2D eigenvalue weighted by Crippen LogP contribution is 2.23. The molecule has 1 aliphatic heterocycles. The maximum absolute atomic E-state index is 12.4. The van der Waals surface area contributed by atoms with Gasteiger partial charge in [-0.25, -0.2) is 0 Å². The Morgan fingerprint density at radius 1 is 1.50 bits per heavy atom. The third-order valence-electron chi connectivity index (χ3n) is 3.94. The molecule has 1 N–H and O–H groups in total. The van der Waals surface area contributed by atoms with E-state index >= 15 is 0 Å². The molecular weight excluding hydrogens is 324 g/mol. The van der Waals surface area contributed by atoms with Crippen LogP contribution >= 0.6 is 11.3 Å². The van der Waals surface area contributed by atoms with Gasteiger partial charge in [0.1, 0.15) is 0 Å². The summed E-state index contributed by atoms with van der Waals surface area (Å²) in [6.45, 7) is 8.31. The van der Waals surface area contributed by atoms with E-state index in [1.807, 2.05) is 38.3 Å². The number of carbonyl (C=O) groups is 1. The molecule has 0 radical (unpaired) electrons. The number of nitrogens with zero attached hydrogens (tertiary/aromatic N) is 3. The first-order valence-electron chi connectivity index (χ1n) is 8.31. The lowest BCUT2D eigenvalue weighted by atomic mass is 9.95. The van der Waals surface area contributed by atoms with E-state index in [2.05, 4.69) is 20.4 Å². The molecule has 130 valence electrons. The molecule has 0 bridgehead atoms. The zero-order valence-corrected chi connectivity index (χ0v) is 15.2. The molecule has 0 saturated carbocycles. The molecule has 2 aromatic rings. The Morgan fingerprint density at radius 3 is 3.04 bits per heavy atom. The van der Waals surface area contributed by atoms with Crippen molar-refractivity contribution >= 4 is 17.2 Å². The van der Waals surface area contributed by atoms with Crippen LogP contribution in [-0.2, 0) is 11.3 Å². The van der Waals surface area contributed by atoms with Crippen molar-refractivity contribution < 1.29 is 9.32 Å². The molecule has 1 saturated heterocycles. The summed E-state index contributed by atoms with van der Waals surface area (Å²) in [5.41, 5.74) is -0.193. The number of aromatic nitrogens is 2. The molecule has 0 aromatic carbocycles. The van der Waals surface area contributed by atoms with Crippen LogP contribution in [0.4, 0.5) is 0 Å². The van der Waals surface area contributed by atoms with E-state index < -0.39 is 0 Å². The third kappa shape index (κ3) is 4.42. The molecule has 1 fully saturated rings. The zero-order valence-electron chi connectivity index (χ0n) is 14.4. The van der Waals surface area contributed by atoms with Gasteiger partial charge in [-0.05, 0) is 51.6 Å². The minimum absolute atomic E-state index is 0.0256. The van der Waals surface area contributed by atoms with Gasteiger partial charge in [0, 0.05) is 12.1 Å². The maximum atomic E-state index is 12.4. The Labute approximate surface area is 146 Å². The molecule has 24 heavy (non-hydrogen) atoms. The summed E-state index contributed by atoms with van der Waals surface area (Å²) >= 11 is 1.59. The molecule has 6 nitrogen and oxygen atoms in total. The Morgan fingerprint density at radius 2 is 2.33 bits per heavy atom. The standard InChI is InChI=1S/C17H24N4O2S/c1-17(2,3)19-16(22)12-6-4-8-21(10-12)11-14-18-15(20-23-14)13-7-5-9-24-13/h5,7,9,12H,4,6,8,10-11H2,1-3H3,(H,19,22). The number of piperidine rings is 1. The van der Waals surface area contributed by atoms with Crippen LogP contribution in [0, 0.1) is 5.92 Å². The van der Waals surface area contributed by atoms with Gasteiger partial charge >= 0.3 is 0 Å². The van der Waals surface area contributed by atoms with E-state index in [1.165, 1.54) is 0 Å². The van der Waals surface area contributed by atoms with Crippen molar-refractivity contribution in [1.82, 2.24) is 20.4 Å². The minimum atomic E-state index is -0.193. The average Bonchev–Trinajstić information content (AvgIpc) is 3.16. The van der Waals surface area contributed by atoms with E-state index in [1.54, 1.807) is 11.3 Å².